The number of nitrogens with two attached hydrogens (primary N) is 1. The zero-order chi connectivity index (χ0) is 12.7. The number of hydrogen-bond acceptors (Lipinski definition) is 5. The van der Waals surface area contributed by atoms with Crippen LogP contribution in [0.3, 0.4) is 0 Å². The predicted octanol–water partition coefficient (Wildman–Crippen LogP) is -0.241. The Bertz CT molecular complexity index is 209. The van der Waals surface area contributed by atoms with Crippen molar-refractivity contribution in [1.29, 1.82) is 0 Å². The molecular weight excluding hydrogens is 206 g/mol. The predicted molar refractivity (Wildman–Crippen MR) is 65.3 cm³/mol. The Morgan fingerprint density at radius 1 is 1.44 bits per heavy atom. The first-order valence-electron chi connectivity index (χ1n) is 5.66. The summed E-state index contributed by atoms with van der Waals surface area (Å²) < 4.78 is 4.77. The van der Waals surface area contributed by atoms with E-state index in [9.17, 15) is 4.79 Å². The average Bonchev–Trinajstić information content (AvgIpc) is 2.23. The zero-order valence-electron chi connectivity index (χ0n) is 11.1. The summed E-state index contributed by atoms with van der Waals surface area (Å²) in [6.45, 7) is 6.08. The first-order valence-corrected chi connectivity index (χ1v) is 5.66. The highest BCUT2D eigenvalue weighted by atomic mass is 16.5. The zero-order valence-corrected chi connectivity index (χ0v) is 11.1. The molecule has 2 atom stereocenters. The molecule has 0 aliphatic carbocycles. The molecule has 2 unspecified atom stereocenters. The summed E-state index contributed by atoms with van der Waals surface area (Å²) in [6, 6.07) is -0.0717. The largest absolute Gasteiger partial charge is 0.468 e. The lowest BCUT2D eigenvalue weighted by Crippen LogP contribution is -2.53. The van der Waals surface area contributed by atoms with E-state index in [4.69, 9.17) is 10.5 Å². The van der Waals surface area contributed by atoms with Gasteiger partial charge in [0.1, 0.15) is 6.04 Å². The SMILES string of the molecule is CCN(C(C)CN(C)C)C(CN)C(=O)OC. The van der Waals surface area contributed by atoms with Gasteiger partial charge in [-0.25, -0.2) is 0 Å². The molecule has 0 spiro atoms. The van der Waals surface area contributed by atoms with Gasteiger partial charge in [0.25, 0.3) is 0 Å². The van der Waals surface area contributed by atoms with Crippen molar-refractivity contribution in [3.8, 4) is 0 Å². The highest BCUT2D eigenvalue weighted by Gasteiger charge is 2.27. The van der Waals surface area contributed by atoms with Gasteiger partial charge in [-0.1, -0.05) is 6.92 Å². The number of nitrogens with zero attached hydrogens (tertiary/aromatic N) is 2. The Hall–Kier alpha value is -0.650. The summed E-state index contributed by atoms with van der Waals surface area (Å²) >= 11 is 0. The first kappa shape index (κ1) is 15.3. The summed E-state index contributed by atoms with van der Waals surface area (Å²) in [5, 5.41) is 0. The molecule has 5 heteroatoms. The van der Waals surface area contributed by atoms with Crippen LogP contribution in [0.25, 0.3) is 0 Å². The van der Waals surface area contributed by atoms with Crippen LogP contribution in [0.5, 0.6) is 0 Å². The van der Waals surface area contributed by atoms with E-state index in [0.29, 0.717) is 0 Å². The van der Waals surface area contributed by atoms with Crippen LogP contribution in [0.4, 0.5) is 0 Å². The van der Waals surface area contributed by atoms with E-state index >= 15 is 0 Å². The molecule has 0 fully saturated rings. The van der Waals surface area contributed by atoms with E-state index in [1.54, 1.807) is 0 Å². The number of methoxy groups -OCH3 is 1. The number of ether oxygens (including phenoxy) is 1. The van der Waals surface area contributed by atoms with Crippen molar-refractivity contribution >= 4 is 5.97 Å². The van der Waals surface area contributed by atoms with E-state index < -0.39 is 0 Å². The Kier molecular flexibility index (Phi) is 7.29. The maximum atomic E-state index is 11.6. The van der Waals surface area contributed by atoms with Crippen LogP contribution in [0.2, 0.25) is 0 Å². The number of esters is 1. The second-order valence-electron chi connectivity index (χ2n) is 4.22. The Balaban J connectivity index is 4.60. The number of carbonyl (C=O) groups excluding carboxylic acids is 1. The van der Waals surface area contributed by atoms with Crippen LogP contribution in [0.15, 0.2) is 0 Å². The summed E-state index contributed by atoms with van der Waals surface area (Å²) in [6.07, 6.45) is 0. The van der Waals surface area contributed by atoms with Crippen LogP contribution in [0, 0.1) is 0 Å². The fourth-order valence-electron chi connectivity index (χ4n) is 1.98. The van der Waals surface area contributed by atoms with Gasteiger partial charge in [0.05, 0.1) is 7.11 Å². The van der Waals surface area contributed by atoms with Crippen molar-refractivity contribution in [2.24, 2.45) is 5.73 Å². The standard InChI is InChI=1S/C11H25N3O2/c1-6-14(9(2)8-13(3)4)10(7-12)11(15)16-5/h9-10H,6-8,12H2,1-5H3. The Morgan fingerprint density at radius 2 is 2.00 bits per heavy atom. The fraction of sp³-hybridized carbons (Fsp3) is 0.909. The summed E-state index contributed by atoms with van der Waals surface area (Å²) in [5.74, 6) is -0.255. The summed E-state index contributed by atoms with van der Waals surface area (Å²) in [5.41, 5.74) is 5.64. The van der Waals surface area contributed by atoms with Crippen molar-refractivity contribution in [3.05, 3.63) is 0 Å². The molecule has 96 valence electrons. The van der Waals surface area contributed by atoms with E-state index in [1.165, 1.54) is 7.11 Å². The van der Waals surface area contributed by atoms with Gasteiger partial charge in [-0.15, -0.1) is 0 Å². The van der Waals surface area contributed by atoms with Crippen LogP contribution in [0.1, 0.15) is 13.8 Å². The van der Waals surface area contributed by atoms with Crippen LogP contribution in [-0.2, 0) is 9.53 Å². The molecule has 0 aliphatic heterocycles. The molecule has 0 amide bonds. The summed E-state index contributed by atoms with van der Waals surface area (Å²) in [4.78, 5) is 15.7. The number of carbonyl (C=O) groups is 1. The lowest BCUT2D eigenvalue weighted by Gasteiger charge is -2.34. The fourth-order valence-corrected chi connectivity index (χ4v) is 1.98. The molecule has 5 nitrogen and oxygen atoms in total. The van der Waals surface area contributed by atoms with Gasteiger partial charge in [0.2, 0.25) is 0 Å². The third-order valence-corrected chi connectivity index (χ3v) is 2.66. The third kappa shape index (κ3) is 4.47. The average molecular weight is 231 g/mol. The van der Waals surface area contributed by atoms with Crippen molar-refractivity contribution in [2.75, 3.05) is 40.8 Å². The van der Waals surface area contributed by atoms with Gasteiger partial charge >= 0.3 is 5.97 Å². The summed E-state index contributed by atoms with van der Waals surface area (Å²) in [7, 11) is 5.43. The topological polar surface area (TPSA) is 58.8 Å². The molecule has 0 rings (SSSR count). The van der Waals surface area contributed by atoms with Gasteiger partial charge in [-0.05, 0) is 27.6 Å². The first-order chi connectivity index (χ1) is 7.47. The monoisotopic (exact) mass is 231 g/mol. The lowest BCUT2D eigenvalue weighted by atomic mass is 10.1. The van der Waals surface area contributed by atoms with E-state index in [-0.39, 0.29) is 24.6 Å². The lowest BCUT2D eigenvalue weighted by molar-refractivity contribution is -0.147. The normalized spacial score (nSPS) is 15.2. The maximum Gasteiger partial charge on any atom is 0.324 e. The highest BCUT2D eigenvalue weighted by Crippen LogP contribution is 2.07. The smallest absolute Gasteiger partial charge is 0.324 e. The van der Waals surface area contributed by atoms with E-state index in [2.05, 4.69) is 16.7 Å². The molecule has 0 saturated carbocycles. The molecule has 0 aromatic heterocycles. The van der Waals surface area contributed by atoms with Crippen LogP contribution in [-0.4, -0.2) is 68.7 Å². The minimum absolute atomic E-state index is 0.255. The van der Waals surface area contributed by atoms with Gasteiger partial charge in [-0.3, -0.25) is 9.69 Å². The van der Waals surface area contributed by atoms with Gasteiger partial charge in [0, 0.05) is 19.1 Å². The third-order valence-electron chi connectivity index (χ3n) is 2.66. The molecule has 16 heavy (non-hydrogen) atoms. The van der Waals surface area contributed by atoms with E-state index in [1.807, 2.05) is 21.0 Å². The highest BCUT2D eigenvalue weighted by molar-refractivity contribution is 5.76. The van der Waals surface area contributed by atoms with Crippen LogP contribution < -0.4 is 5.73 Å². The molecule has 0 aromatic rings. The van der Waals surface area contributed by atoms with Crippen LogP contribution >= 0.6 is 0 Å². The molecule has 0 aromatic carbocycles. The molecule has 0 bridgehead atoms. The number of hydrogen-bond donors (Lipinski definition) is 1. The maximum absolute atomic E-state index is 11.6. The molecular formula is C11H25N3O2. The van der Waals surface area contributed by atoms with Crippen molar-refractivity contribution in [1.82, 2.24) is 9.80 Å². The molecule has 0 saturated heterocycles. The van der Waals surface area contributed by atoms with Gasteiger partial charge in [-0.2, -0.15) is 0 Å². The number of likely N-dealkylation sites (N-methyl/N-ethyl adjacent to an activating group) is 2. The second-order valence-corrected chi connectivity index (χ2v) is 4.22. The van der Waals surface area contributed by atoms with Gasteiger partial charge in [0.15, 0.2) is 0 Å². The molecule has 0 aliphatic rings. The van der Waals surface area contributed by atoms with Crippen molar-refractivity contribution in [2.45, 2.75) is 25.9 Å². The Labute approximate surface area is 98.5 Å². The quantitative estimate of drug-likeness (QED) is 0.613. The second kappa shape index (κ2) is 7.60. The number of rotatable bonds is 7. The van der Waals surface area contributed by atoms with Crippen molar-refractivity contribution < 1.29 is 9.53 Å². The molecule has 0 radical (unpaired) electrons. The van der Waals surface area contributed by atoms with Gasteiger partial charge < -0.3 is 15.4 Å². The van der Waals surface area contributed by atoms with Crippen molar-refractivity contribution in [3.63, 3.8) is 0 Å². The molecule has 0 heterocycles. The minimum Gasteiger partial charge on any atom is -0.468 e. The Morgan fingerprint density at radius 3 is 2.31 bits per heavy atom. The minimum atomic E-state index is -0.343. The van der Waals surface area contributed by atoms with E-state index in [0.717, 1.165) is 13.1 Å². The molecule has 2 N–H and O–H groups in total.